The number of carbonyl (C=O) groups is 1. The van der Waals surface area contributed by atoms with E-state index in [0.29, 0.717) is 44.3 Å². The van der Waals surface area contributed by atoms with Crippen LogP contribution in [0.3, 0.4) is 0 Å². The summed E-state index contributed by atoms with van der Waals surface area (Å²) >= 11 is 0. The minimum atomic E-state index is -0.374. The largest absolute Gasteiger partial charge is 0.338 e. The van der Waals surface area contributed by atoms with Gasteiger partial charge in [-0.3, -0.25) is 19.6 Å². The van der Waals surface area contributed by atoms with Gasteiger partial charge in [-0.2, -0.15) is 10.4 Å². The molecule has 3 aliphatic heterocycles. The number of amides is 1. The molecule has 2 fully saturated rings. The Kier molecular flexibility index (Phi) is 4.94. The molecule has 5 heterocycles. The maximum Gasteiger partial charge on any atom is 0.263 e. The molecule has 0 unspecified atom stereocenters. The van der Waals surface area contributed by atoms with E-state index in [1.165, 1.54) is 0 Å². The van der Waals surface area contributed by atoms with Crippen LogP contribution in [0.15, 0.2) is 29.2 Å². The average molecular weight is 421 g/mol. The Morgan fingerprint density at radius 2 is 2.06 bits per heavy atom. The van der Waals surface area contributed by atoms with Crippen molar-refractivity contribution in [3.8, 4) is 6.07 Å². The van der Waals surface area contributed by atoms with Crippen LogP contribution in [0.25, 0.3) is 0 Å². The Morgan fingerprint density at radius 3 is 2.77 bits per heavy atom. The highest BCUT2D eigenvalue weighted by Crippen LogP contribution is 2.36. The number of nitrogens with one attached hydrogen (secondary N) is 1. The van der Waals surface area contributed by atoms with Crippen LogP contribution in [-0.2, 0) is 13.1 Å². The van der Waals surface area contributed by atoms with E-state index in [4.69, 9.17) is 0 Å². The van der Waals surface area contributed by atoms with Crippen LogP contribution in [0, 0.1) is 22.7 Å². The number of fused-ring (bicyclic) bond motifs is 4. The predicted molar refractivity (Wildman–Crippen MR) is 114 cm³/mol. The zero-order chi connectivity index (χ0) is 21.6. The number of piperidine rings is 2. The van der Waals surface area contributed by atoms with Crippen molar-refractivity contribution in [1.29, 1.82) is 5.26 Å². The number of likely N-dealkylation sites (tertiary alicyclic amines) is 2. The highest BCUT2D eigenvalue weighted by atomic mass is 16.2. The average Bonchev–Trinajstić information content (AvgIpc) is 3.27. The van der Waals surface area contributed by atoms with Crippen molar-refractivity contribution in [2.75, 3.05) is 26.2 Å². The number of pyridine rings is 1. The summed E-state index contributed by atoms with van der Waals surface area (Å²) in [6.07, 6.45) is 4.16. The topological polar surface area (TPSA) is 98.0 Å². The van der Waals surface area contributed by atoms with Crippen molar-refractivity contribution in [2.45, 2.75) is 45.2 Å². The van der Waals surface area contributed by atoms with E-state index in [9.17, 15) is 14.9 Å². The van der Waals surface area contributed by atoms with E-state index in [2.05, 4.69) is 21.2 Å². The number of nitrogens with zero attached hydrogens (tertiary/aromatic N) is 5. The van der Waals surface area contributed by atoms with Crippen LogP contribution in [0.2, 0.25) is 0 Å². The lowest BCUT2D eigenvalue weighted by molar-refractivity contribution is 0.0657. The lowest BCUT2D eigenvalue weighted by Crippen LogP contribution is -2.48. The van der Waals surface area contributed by atoms with Gasteiger partial charge in [-0.25, -0.2) is 0 Å². The quantitative estimate of drug-likeness (QED) is 0.819. The maximum absolute atomic E-state index is 13.3. The SMILES string of the molecule is CC1(C#N)CCN(C(=O)c2ccc3n(c2=O)C[C@H]2C[C@@H]3CN(Cc3ccn[nH]3)C2)CC1. The number of hydrogen-bond donors (Lipinski definition) is 1. The molecule has 1 amide bonds. The van der Waals surface area contributed by atoms with Crippen LogP contribution in [0.5, 0.6) is 0 Å². The van der Waals surface area contributed by atoms with Gasteiger partial charge in [0.05, 0.1) is 11.5 Å². The highest BCUT2D eigenvalue weighted by Gasteiger charge is 2.37. The van der Waals surface area contributed by atoms with Crippen molar-refractivity contribution in [3.05, 3.63) is 51.7 Å². The van der Waals surface area contributed by atoms with Crippen molar-refractivity contribution < 1.29 is 4.79 Å². The Morgan fingerprint density at radius 1 is 1.26 bits per heavy atom. The van der Waals surface area contributed by atoms with Gasteiger partial charge in [-0.15, -0.1) is 0 Å². The van der Waals surface area contributed by atoms with Crippen molar-refractivity contribution in [3.63, 3.8) is 0 Å². The van der Waals surface area contributed by atoms with Crippen molar-refractivity contribution in [2.24, 2.45) is 11.3 Å². The second kappa shape index (κ2) is 7.65. The maximum atomic E-state index is 13.3. The van der Waals surface area contributed by atoms with Gasteiger partial charge in [-0.1, -0.05) is 0 Å². The van der Waals surface area contributed by atoms with Gasteiger partial charge >= 0.3 is 0 Å². The van der Waals surface area contributed by atoms with Gasteiger partial charge in [0.15, 0.2) is 0 Å². The lowest BCUT2D eigenvalue weighted by Gasteiger charge is -2.43. The lowest BCUT2D eigenvalue weighted by atomic mass is 9.81. The van der Waals surface area contributed by atoms with Crippen LogP contribution in [-0.4, -0.2) is 56.7 Å². The first-order valence-corrected chi connectivity index (χ1v) is 11.1. The zero-order valence-corrected chi connectivity index (χ0v) is 17.9. The summed E-state index contributed by atoms with van der Waals surface area (Å²) in [5, 5.41) is 16.4. The predicted octanol–water partition coefficient (Wildman–Crippen LogP) is 1.96. The zero-order valence-electron chi connectivity index (χ0n) is 17.9. The molecule has 8 heteroatoms. The molecule has 8 nitrogen and oxygen atoms in total. The Hall–Kier alpha value is -2.92. The van der Waals surface area contributed by atoms with E-state index in [1.807, 2.05) is 23.6 Å². The molecule has 162 valence electrons. The molecule has 2 saturated heterocycles. The van der Waals surface area contributed by atoms with E-state index in [-0.39, 0.29) is 22.4 Å². The number of rotatable bonds is 3. The summed E-state index contributed by atoms with van der Waals surface area (Å²) in [6.45, 7) is 6.34. The van der Waals surface area contributed by atoms with Gasteiger partial charge < -0.3 is 9.47 Å². The third kappa shape index (κ3) is 3.68. The van der Waals surface area contributed by atoms with Gasteiger partial charge in [0, 0.05) is 62.8 Å². The molecule has 2 atom stereocenters. The molecule has 5 rings (SSSR count). The molecule has 0 radical (unpaired) electrons. The molecule has 0 saturated carbocycles. The number of aromatic nitrogens is 3. The molecule has 3 aliphatic rings. The minimum Gasteiger partial charge on any atom is -0.338 e. The molecule has 0 aliphatic carbocycles. The number of aromatic amines is 1. The Balaban J connectivity index is 1.35. The van der Waals surface area contributed by atoms with Gasteiger partial charge in [-0.05, 0) is 50.3 Å². The molecule has 0 aromatic carbocycles. The minimum absolute atomic E-state index is 0.159. The normalized spacial score (nSPS) is 25.0. The molecule has 1 N–H and O–H groups in total. The molecule has 31 heavy (non-hydrogen) atoms. The summed E-state index contributed by atoms with van der Waals surface area (Å²) in [5.74, 6) is 0.513. The van der Waals surface area contributed by atoms with Crippen LogP contribution in [0.1, 0.15) is 53.8 Å². The molecular formula is C23H28N6O2. The molecule has 2 aromatic rings. The third-order valence-corrected chi connectivity index (χ3v) is 7.29. The Labute approximate surface area is 181 Å². The highest BCUT2D eigenvalue weighted by molar-refractivity contribution is 5.94. The van der Waals surface area contributed by atoms with E-state index in [1.54, 1.807) is 17.2 Å². The van der Waals surface area contributed by atoms with E-state index < -0.39 is 0 Å². The molecule has 2 bridgehead atoms. The smallest absolute Gasteiger partial charge is 0.263 e. The second-order valence-electron chi connectivity index (χ2n) is 9.63. The fraction of sp³-hybridized carbons (Fsp3) is 0.565. The fourth-order valence-electron chi connectivity index (χ4n) is 5.44. The first-order chi connectivity index (χ1) is 15.0. The first-order valence-electron chi connectivity index (χ1n) is 11.1. The summed E-state index contributed by atoms with van der Waals surface area (Å²) in [4.78, 5) is 30.5. The van der Waals surface area contributed by atoms with Gasteiger partial charge in [0.25, 0.3) is 11.5 Å². The summed E-state index contributed by atoms with van der Waals surface area (Å²) in [6, 6.07) is 8.07. The molecular weight excluding hydrogens is 392 g/mol. The van der Waals surface area contributed by atoms with E-state index in [0.717, 1.165) is 37.4 Å². The summed E-state index contributed by atoms with van der Waals surface area (Å²) in [7, 11) is 0. The van der Waals surface area contributed by atoms with Gasteiger partial charge in [0.2, 0.25) is 0 Å². The number of hydrogen-bond acceptors (Lipinski definition) is 5. The second-order valence-corrected chi connectivity index (χ2v) is 9.63. The van der Waals surface area contributed by atoms with E-state index >= 15 is 0 Å². The number of carbonyl (C=O) groups excluding carboxylic acids is 1. The summed E-state index contributed by atoms with van der Waals surface area (Å²) in [5.41, 5.74) is 1.88. The van der Waals surface area contributed by atoms with Gasteiger partial charge in [0.1, 0.15) is 5.56 Å². The van der Waals surface area contributed by atoms with Crippen LogP contribution >= 0.6 is 0 Å². The standard InChI is InChI=1S/C23H28N6O2/c1-23(15-24)5-8-28(9-6-23)21(30)19-2-3-20-17-10-16(12-29(20)22(19)31)11-27(13-17)14-18-4-7-25-26-18/h2-4,7,16-17H,5-6,8-14H2,1H3,(H,25,26)/t16-,17+/m0/s1. The molecule has 0 spiro atoms. The first kappa shape index (κ1) is 20.0. The van der Waals surface area contributed by atoms with Crippen LogP contribution < -0.4 is 5.56 Å². The Bertz CT molecular complexity index is 1070. The monoisotopic (exact) mass is 420 g/mol. The van der Waals surface area contributed by atoms with Crippen molar-refractivity contribution >= 4 is 5.91 Å². The fourth-order valence-corrected chi connectivity index (χ4v) is 5.44. The van der Waals surface area contributed by atoms with Crippen molar-refractivity contribution in [1.82, 2.24) is 24.6 Å². The molecule has 2 aromatic heterocycles. The number of nitriles is 1. The number of H-pyrrole nitrogens is 1. The summed E-state index contributed by atoms with van der Waals surface area (Å²) < 4.78 is 1.85. The van der Waals surface area contributed by atoms with Crippen LogP contribution in [0.4, 0.5) is 0 Å². The third-order valence-electron chi connectivity index (χ3n) is 7.29.